The fourth-order valence-corrected chi connectivity index (χ4v) is 3.31. The van der Waals surface area contributed by atoms with Gasteiger partial charge in [-0.05, 0) is 49.4 Å². The second-order valence-electron chi connectivity index (χ2n) is 6.98. The molecule has 0 unspecified atom stereocenters. The van der Waals surface area contributed by atoms with Crippen molar-refractivity contribution in [3.05, 3.63) is 99.7 Å². The number of ether oxygens (including phenoxy) is 3. The van der Waals surface area contributed by atoms with Crippen molar-refractivity contribution in [2.24, 2.45) is 4.99 Å². The zero-order valence-electron chi connectivity index (χ0n) is 17.3. The molecule has 0 saturated heterocycles. The van der Waals surface area contributed by atoms with Crippen molar-refractivity contribution < 1.29 is 23.8 Å². The molecule has 0 radical (unpaired) electrons. The van der Waals surface area contributed by atoms with E-state index in [4.69, 9.17) is 25.8 Å². The summed E-state index contributed by atoms with van der Waals surface area (Å²) >= 11 is 6.07. The quantitative estimate of drug-likeness (QED) is 0.304. The molecule has 4 rings (SSSR count). The second-order valence-corrected chi connectivity index (χ2v) is 7.41. The number of benzene rings is 3. The zero-order chi connectivity index (χ0) is 22.7. The highest BCUT2D eigenvalue weighted by atomic mass is 35.5. The topological polar surface area (TPSA) is 74.2 Å². The van der Waals surface area contributed by atoms with Gasteiger partial charge in [0, 0.05) is 10.6 Å². The van der Waals surface area contributed by atoms with Crippen LogP contribution in [0.4, 0.5) is 0 Å². The van der Waals surface area contributed by atoms with Crippen LogP contribution in [0.3, 0.4) is 0 Å². The van der Waals surface area contributed by atoms with Gasteiger partial charge in [0.1, 0.15) is 11.5 Å². The summed E-state index contributed by atoms with van der Waals surface area (Å²) in [7, 11) is 1.50. The minimum atomic E-state index is -0.637. The first kappa shape index (κ1) is 21.3. The average molecular weight is 448 g/mol. The van der Waals surface area contributed by atoms with Crippen LogP contribution in [-0.4, -0.2) is 24.9 Å². The largest absolute Gasteiger partial charge is 0.496 e. The number of hydrogen-bond donors (Lipinski definition) is 0. The number of methoxy groups -OCH3 is 1. The molecule has 0 aromatic heterocycles. The summed E-state index contributed by atoms with van der Waals surface area (Å²) in [5.41, 5.74) is 2.39. The Labute approximate surface area is 189 Å². The third kappa shape index (κ3) is 4.55. The average Bonchev–Trinajstić information content (AvgIpc) is 3.15. The van der Waals surface area contributed by atoms with E-state index in [-0.39, 0.29) is 11.6 Å². The second kappa shape index (κ2) is 9.08. The fourth-order valence-electron chi connectivity index (χ4n) is 3.14. The van der Waals surface area contributed by atoms with E-state index in [0.29, 0.717) is 33.2 Å². The Morgan fingerprint density at radius 3 is 2.62 bits per heavy atom. The van der Waals surface area contributed by atoms with E-state index in [0.717, 1.165) is 5.56 Å². The number of rotatable bonds is 5. The number of aryl methyl sites for hydroxylation is 1. The molecule has 3 aromatic carbocycles. The molecular weight excluding hydrogens is 430 g/mol. The molecule has 32 heavy (non-hydrogen) atoms. The molecule has 1 aliphatic heterocycles. The van der Waals surface area contributed by atoms with Gasteiger partial charge in [0.05, 0.1) is 18.2 Å². The molecule has 0 fully saturated rings. The standard InChI is InChI=1S/C25H18ClNO5/c1-15-6-5-8-17(12-15)24(28)31-21-9-4-3-7-16(21)13-20-25(29)32-23(27-20)19-14-18(26)10-11-22(19)30-2/h3-14H,1-2H3/b20-13-. The molecule has 0 aliphatic carbocycles. The van der Waals surface area contributed by atoms with Crippen molar-refractivity contribution in [3.63, 3.8) is 0 Å². The maximum Gasteiger partial charge on any atom is 0.363 e. The molecule has 160 valence electrons. The predicted molar refractivity (Wildman–Crippen MR) is 121 cm³/mol. The maximum absolute atomic E-state index is 12.6. The van der Waals surface area contributed by atoms with Crippen LogP contribution < -0.4 is 9.47 Å². The predicted octanol–water partition coefficient (Wildman–Crippen LogP) is 5.22. The summed E-state index contributed by atoms with van der Waals surface area (Å²) in [6.07, 6.45) is 1.51. The molecular formula is C25H18ClNO5. The molecule has 1 aliphatic rings. The van der Waals surface area contributed by atoms with Crippen molar-refractivity contribution in [3.8, 4) is 11.5 Å². The summed E-state index contributed by atoms with van der Waals surface area (Å²) in [5.74, 6) is -0.295. The Hall–Kier alpha value is -3.90. The number of carbonyl (C=O) groups is 2. The van der Waals surface area contributed by atoms with E-state index < -0.39 is 11.9 Å². The number of halogens is 1. The van der Waals surface area contributed by atoms with Crippen molar-refractivity contribution >= 4 is 35.5 Å². The molecule has 0 atom stereocenters. The normalized spacial score (nSPS) is 14.2. The first-order chi connectivity index (χ1) is 15.4. The summed E-state index contributed by atoms with van der Waals surface area (Å²) in [5, 5.41) is 0.449. The van der Waals surface area contributed by atoms with Gasteiger partial charge >= 0.3 is 11.9 Å². The summed E-state index contributed by atoms with van der Waals surface area (Å²) in [6.45, 7) is 1.89. The van der Waals surface area contributed by atoms with Crippen molar-refractivity contribution in [1.29, 1.82) is 0 Å². The van der Waals surface area contributed by atoms with Crippen LogP contribution in [0.5, 0.6) is 11.5 Å². The molecule has 0 amide bonds. The van der Waals surface area contributed by atoms with Gasteiger partial charge in [-0.2, -0.15) is 0 Å². The Morgan fingerprint density at radius 1 is 1.03 bits per heavy atom. The molecule has 0 spiro atoms. The lowest BCUT2D eigenvalue weighted by Gasteiger charge is -2.08. The van der Waals surface area contributed by atoms with Crippen LogP contribution in [0.2, 0.25) is 5.02 Å². The lowest BCUT2D eigenvalue weighted by molar-refractivity contribution is -0.129. The van der Waals surface area contributed by atoms with Crippen LogP contribution in [-0.2, 0) is 9.53 Å². The summed E-state index contributed by atoms with van der Waals surface area (Å²) in [6, 6.07) is 18.9. The molecule has 0 saturated carbocycles. The summed E-state index contributed by atoms with van der Waals surface area (Å²) < 4.78 is 16.2. The number of hydrogen-bond acceptors (Lipinski definition) is 6. The highest BCUT2D eigenvalue weighted by Gasteiger charge is 2.27. The van der Waals surface area contributed by atoms with Gasteiger partial charge < -0.3 is 14.2 Å². The van der Waals surface area contributed by atoms with Gasteiger partial charge in [0.15, 0.2) is 5.70 Å². The molecule has 7 heteroatoms. The first-order valence-electron chi connectivity index (χ1n) is 9.69. The van der Waals surface area contributed by atoms with Crippen LogP contribution >= 0.6 is 11.6 Å². The zero-order valence-corrected chi connectivity index (χ0v) is 18.1. The monoisotopic (exact) mass is 447 g/mol. The number of para-hydroxylation sites is 1. The van der Waals surface area contributed by atoms with Gasteiger partial charge in [-0.3, -0.25) is 0 Å². The first-order valence-corrected chi connectivity index (χ1v) is 10.1. The molecule has 0 bridgehead atoms. The highest BCUT2D eigenvalue weighted by Crippen LogP contribution is 2.29. The minimum absolute atomic E-state index is 0.0566. The smallest absolute Gasteiger partial charge is 0.363 e. The van der Waals surface area contributed by atoms with Crippen LogP contribution in [0, 0.1) is 6.92 Å². The lowest BCUT2D eigenvalue weighted by Crippen LogP contribution is -2.09. The van der Waals surface area contributed by atoms with E-state index in [1.54, 1.807) is 60.7 Å². The third-order valence-corrected chi connectivity index (χ3v) is 4.92. The Kier molecular flexibility index (Phi) is 6.05. The van der Waals surface area contributed by atoms with E-state index in [2.05, 4.69) is 4.99 Å². The number of carbonyl (C=O) groups excluding carboxylic acids is 2. The van der Waals surface area contributed by atoms with Crippen LogP contribution in [0.15, 0.2) is 77.4 Å². The molecule has 0 N–H and O–H groups in total. The SMILES string of the molecule is COc1ccc(Cl)cc1C1=N/C(=C\c2ccccc2OC(=O)c2cccc(C)c2)C(=O)O1. The third-order valence-electron chi connectivity index (χ3n) is 4.68. The van der Waals surface area contributed by atoms with Crippen molar-refractivity contribution in [1.82, 2.24) is 0 Å². The van der Waals surface area contributed by atoms with E-state index in [1.165, 1.54) is 13.2 Å². The molecule has 1 heterocycles. The van der Waals surface area contributed by atoms with E-state index >= 15 is 0 Å². The Bertz CT molecular complexity index is 1280. The summed E-state index contributed by atoms with van der Waals surface area (Å²) in [4.78, 5) is 29.3. The van der Waals surface area contributed by atoms with Gasteiger partial charge in [-0.15, -0.1) is 0 Å². The van der Waals surface area contributed by atoms with Gasteiger partial charge in [-0.25, -0.2) is 14.6 Å². The van der Waals surface area contributed by atoms with E-state index in [1.807, 2.05) is 13.0 Å². The minimum Gasteiger partial charge on any atom is -0.496 e. The number of nitrogens with zero attached hydrogens (tertiary/aromatic N) is 1. The van der Waals surface area contributed by atoms with Crippen molar-refractivity contribution in [2.45, 2.75) is 6.92 Å². The number of cyclic esters (lactones) is 1. The molecule has 6 nitrogen and oxygen atoms in total. The van der Waals surface area contributed by atoms with Crippen LogP contribution in [0.1, 0.15) is 27.0 Å². The van der Waals surface area contributed by atoms with Crippen molar-refractivity contribution in [2.75, 3.05) is 7.11 Å². The fraction of sp³-hybridized carbons (Fsp3) is 0.0800. The number of esters is 2. The maximum atomic E-state index is 12.6. The van der Waals surface area contributed by atoms with Crippen LogP contribution in [0.25, 0.3) is 6.08 Å². The van der Waals surface area contributed by atoms with Gasteiger partial charge in [0.2, 0.25) is 5.90 Å². The lowest BCUT2D eigenvalue weighted by atomic mass is 10.1. The number of aliphatic imine (C=N–C) groups is 1. The highest BCUT2D eigenvalue weighted by molar-refractivity contribution is 6.31. The molecule has 3 aromatic rings. The van der Waals surface area contributed by atoms with Gasteiger partial charge in [0.25, 0.3) is 0 Å². The Morgan fingerprint density at radius 2 is 1.84 bits per heavy atom. The van der Waals surface area contributed by atoms with E-state index in [9.17, 15) is 9.59 Å². The van der Waals surface area contributed by atoms with Gasteiger partial charge in [-0.1, -0.05) is 47.5 Å². The Balaban J connectivity index is 1.65.